The summed E-state index contributed by atoms with van der Waals surface area (Å²) in [7, 11) is 0. The normalized spacial score (nSPS) is 8.91. The summed E-state index contributed by atoms with van der Waals surface area (Å²) >= 11 is 11.1. The largest absolute Gasteiger partial charge is 0.383 e. The smallest absolute Gasteiger partial charge is 0.131 e. The fourth-order valence-electron chi connectivity index (χ4n) is 0.592. The zero-order chi connectivity index (χ0) is 7.56. The van der Waals surface area contributed by atoms with Gasteiger partial charge in [-0.1, -0.05) is 17.7 Å². The average Bonchev–Trinajstić information content (AvgIpc) is 1.88. The number of rotatable bonds is 1. The summed E-state index contributed by atoms with van der Waals surface area (Å²) in [4.78, 5) is 3.80. The predicted octanol–water partition coefficient (Wildman–Crippen LogP) is 2.48. The molecule has 0 atom stereocenters. The Morgan fingerprint density at radius 2 is 2.09 bits per heavy atom. The van der Waals surface area contributed by atoms with Crippen molar-refractivity contribution >= 4 is 41.4 Å². The lowest BCUT2D eigenvalue weighted by molar-refractivity contribution is 1.26. The third-order valence-electron chi connectivity index (χ3n) is 1.12. The van der Waals surface area contributed by atoms with Gasteiger partial charge in [0.05, 0.1) is 5.88 Å². The van der Waals surface area contributed by atoms with Gasteiger partial charge >= 0.3 is 0 Å². The molecule has 1 rings (SSSR count). The number of aromatic nitrogens is 1. The highest BCUT2D eigenvalue weighted by atomic mass is 35.5. The van der Waals surface area contributed by atoms with Crippen LogP contribution in [0, 0.1) is 0 Å². The zero-order valence-electron chi connectivity index (χ0n) is 5.55. The number of anilines is 1. The number of pyridine rings is 1. The fraction of sp³-hybridized carbons (Fsp3) is 0.167. The van der Waals surface area contributed by atoms with E-state index in [9.17, 15) is 0 Å². The van der Waals surface area contributed by atoms with Crippen molar-refractivity contribution in [2.45, 2.75) is 5.88 Å². The number of nitrogens with two attached hydrogens (primary N) is 1. The second kappa shape index (κ2) is 4.65. The van der Waals surface area contributed by atoms with E-state index in [1.807, 2.05) is 0 Å². The molecule has 0 fully saturated rings. The molecule has 0 saturated carbocycles. The van der Waals surface area contributed by atoms with E-state index in [4.69, 9.17) is 28.9 Å². The lowest BCUT2D eigenvalue weighted by Gasteiger charge is -1.98. The molecule has 11 heavy (non-hydrogen) atoms. The van der Waals surface area contributed by atoms with Crippen molar-refractivity contribution in [2.75, 3.05) is 5.73 Å². The molecule has 0 radical (unpaired) electrons. The standard InChI is InChI=1S/C6H6Cl2N2.ClH/c7-3-4-1-2-5(8)10-6(4)9;/h1-2H,3H2,(H2,9,10);1H. The summed E-state index contributed by atoms with van der Waals surface area (Å²) in [6.07, 6.45) is 0. The number of nitrogen functional groups attached to an aromatic ring is 1. The van der Waals surface area contributed by atoms with Crippen LogP contribution in [0.3, 0.4) is 0 Å². The molecule has 0 aliphatic rings. The van der Waals surface area contributed by atoms with Gasteiger partial charge < -0.3 is 5.73 Å². The molecule has 5 heteroatoms. The van der Waals surface area contributed by atoms with Gasteiger partial charge in [-0.05, 0) is 6.07 Å². The van der Waals surface area contributed by atoms with Gasteiger partial charge in [0.15, 0.2) is 0 Å². The van der Waals surface area contributed by atoms with E-state index in [0.29, 0.717) is 16.9 Å². The van der Waals surface area contributed by atoms with Gasteiger partial charge in [-0.15, -0.1) is 24.0 Å². The van der Waals surface area contributed by atoms with E-state index in [1.165, 1.54) is 0 Å². The second-order valence-electron chi connectivity index (χ2n) is 1.81. The van der Waals surface area contributed by atoms with Crippen molar-refractivity contribution in [1.82, 2.24) is 4.98 Å². The minimum absolute atomic E-state index is 0. The lowest BCUT2D eigenvalue weighted by Crippen LogP contribution is -1.94. The summed E-state index contributed by atoms with van der Waals surface area (Å²) < 4.78 is 0. The first-order chi connectivity index (χ1) is 4.74. The summed E-state index contributed by atoms with van der Waals surface area (Å²) in [5.74, 6) is 0.776. The van der Waals surface area contributed by atoms with E-state index in [0.717, 1.165) is 5.56 Å². The molecule has 1 aromatic heterocycles. The van der Waals surface area contributed by atoms with Crippen LogP contribution in [0.2, 0.25) is 5.15 Å². The third-order valence-corrected chi connectivity index (χ3v) is 1.62. The van der Waals surface area contributed by atoms with Crippen molar-refractivity contribution in [1.29, 1.82) is 0 Å². The van der Waals surface area contributed by atoms with Gasteiger partial charge in [0.2, 0.25) is 0 Å². The molecule has 0 bridgehead atoms. The number of hydrogen-bond acceptors (Lipinski definition) is 2. The van der Waals surface area contributed by atoms with E-state index in [-0.39, 0.29) is 12.4 Å². The van der Waals surface area contributed by atoms with Crippen LogP contribution >= 0.6 is 35.6 Å². The summed E-state index contributed by atoms with van der Waals surface area (Å²) in [6, 6.07) is 3.42. The molecule has 0 aliphatic carbocycles. The number of alkyl halides is 1. The molecule has 2 nitrogen and oxygen atoms in total. The Balaban J connectivity index is 0.000001000. The molecule has 1 aromatic rings. The Kier molecular flexibility index (Phi) is 4.57. The van der Waals surface area contributed by atoms with Gasteiger partial charge in [0.25, 0.3) is 0 Å². The van der Waals surface area contributed by atoms with Crippen LogP contribution in [0.1, 0.15) is 5.56 Å². The van der Waals surface area contributed by atoms with E-state index >= 15 is 0 Å². The maximum Gasteiger partial charge on any atom is 0.131 e. The Morgan fingerprint density at radius 3 is 2.55 bits per heavy atom. The van der Waals surface area contributed by atoms with Crippen LogP contribution in [0.5, 0.6) is 0 Å². The van der Waals surface area contributed by atoms with Crippen LogP contribution in [-0.2, 0) is 5.88 Å². The highest BCUT2D eigenvalue weighted by Gasteiger charge is 1.97. The van der Waals surface area contributed by atoms with Gasteiger partial charge in [-0.25, -0.2) is 4.98 Å². The van der Waals surface area contributed by atoms with Gasteiger partial charge in [-0.3, -0.25) is 0 Å². The van der Waals surface area contributed by atoms with Gasteiger partial charge in [0, 0.05) is 5.56 Å². The van der Waals surface area contributed by atoms with Crippen molar-refractivity contribution in [3.8, 4) is 0 Å². The fourth-order valence-corrected chi connectivity index (χ4v) is 0.972. The lowest BCUT2D eigenvalue weighted by atomic mass is 10.3. The van der Waals surface area contributed by atoms with Gasteiger partial charge in [-0.2, -0.15) is 0 Å². The first kappa shape index (κ1) is 10.8. The van der Waals surface area contributed by atoms with Crippen LogP contribution in [0.15, 0.2) is 12.1 Å². The van der Waals surface area contributed by atoms with Crippen LogP contribution < -0.4 is 5.73 Å². The van der Waals surface area contributed by atoms with Crippen molar-refractivity contribution < 1.29 is 0 Å². The van der Waals surface area contributed by atoms with E-state index in [1.54, 1.807) is 12.1 Å². The Bertz CT molecular complexity index is 239. The Labute approximate surface area is 81.1 Å². The highest BCUT2D eigenvalue weighted by molar-refractivity contribution is 6.29. The van der Waals surface area contributed by atoms with E-state index < -0.39 is 0 Å². The van der Waals surface area contributed by atoms with Gasteiger partial charge in [0.1, 0.15) is 11.0 Å². The summed E-state index contributed by atoms with van der Waals surface area (Å²) in [5.41, 5.74) is 6.26. The summed E-state index contributed by atoms with van der Waals surface area (Å²) in [5, 5.41) is 0.395. The summed E-state index contributed by atoms with van der Waals surface area (Å²) in [6.45, 7) is 0. The van der Waals surface area contributed by atoms with E-state index in [2.05, 4.69) is 4.98 Å². The Hall–Kier alpha value is -0.180. The molecule has 1 heterocycles. The van der Waals surface area contributed by atoms with Crippen molar-refractivity contribution in [3.63, 3.8) is 0 Å². The van der Waals surface area contributed by atoms with Crippen LogP contribution in [0.4, 0.5) is 5.82 Å². The molecule has 0 aliphatic heterocycles. The highest BCUT2D eigenvalue weighted by Crippen LogP contribution is 2.14. The average molecular weight is 213 g/mol. The maximum absolute atomic E-state index is 5.54. The molecule has 62 valence electrons. The SMILES string of the molecule is Cl.Nc1nc(Cl)ccc1CCl. The molecule has 0 unspecified atom stereocenters. The Morgan fingerprint density at radius 1 is 1.45 bits per heavy atom. The molecule has 2 N–H and O–H groups in total. The molecular weight excluding hydrogens is 206 g/mol. The topological polar surface area (TPSA) is 38.9 Å². The van der Waals surface area contributed by atoms with Crippen molar-refractivity contribution in [3.05, 3.63) is 22.8 Å². The van der Waals surface area contributed by atoms with Crippen molar-refractivity contribution in [2.24, 2.45) is 0 Å². The first-order valence-corrected chi connectivity index (χ1v) is 3.62. The molecule has 0 saturated heterocycles. The number of nitrogens with zero attached hydrogens (tertiary/aromatic N) is 1. The quantitative estimate of drug-likeness (QED) is 0.575. The minimum Gasteiger partial charge on any atom is -0.383 e. The monoisotopic (exact) mass is 212 g/mol. The number of hydrogen-bond donors (Lipinski definition) is 1. The minimum atomic E-state index is 0. The maximum atomic E-state index is 5.54. The van der Waals surface area contributed by atoms with Crippen LogP contribution in [0.25, 0.3) is 0 Å². The molecular formula is C6H7Cl3N2. The predicted molar refractivity (Wildman–Crippen MR) is 50.5 cm³/mol. The second-order valence-corrected chi connectivity index (χ2v) is 2.47. The first-order valence-electron chi connectivity index (χ1n) is 2.71. The third kappa shape index (κ3) is 2.73. The molecule has 0 amide bonds. The zero-order valence-corrected chi connectivity index (χ0v) is 7.88. The molecule has 0 spiro atoms. The number of halogens is 3. The molecule has 0 aromatic carbocycles. The van der Waals surface area contributed by atoms with Crippen LogP contribution in [-0.4, -0.2) is 4.98 Å².